The van der Waals surface area contributed by atoms with Gasteiger partial charge in [0.1, 0.15) is 5.69 Å². The van der Waals surface area contributed by atoms with Crippen LogP contribution in [0.1, 0.15) is 32.2 Å². The highest BCUT2D eigenvalue weighted by Gasteiger charge is 2.27. The van der Waals surface area contributed by atoms with Crippen LogP contribution in [-0.4, -0.2) is 26.5 Å². The number of aliphatic carboxylic acids is 1. The van der Waals surface area contributed by atoms with Crippen LogP contribution in [0.5, 0.6) is 0 Å². The van der Waals surface area contributed by atoms with E-state index in [1.807, 2.05) is 26.0 Å². The molecule has 132 valence electrons. The van der Waals surface area contributed by atoms with Crippen molar-refractivity contribution in [3.63, 3.8) is 0 Å². The summed E-state index contributed by atoms with van der Waals surface area (Å²) in [7, 11) is 0. The maximum atomic E-state index is 11.6. The minimum atomic E-state index is -0.875. The summed E-state index contributed by atoms with van der Waals surface area (Å²) < 4.78 is 0. The minimum absolute atomic E-state index is 0.350. The van der Waals surface area contributed by atoms with Crippen LogP contribution in [0.3, 0.4) is 0 Å². The van der Waals surface area contributed by atoms with Gasteiger partial charge in [-0.25, -0.2) is 0 Å². The highest BCUT2D eigenvalue weighted by molar-refractivity contribution is 5.73. The Hall–Kier alpha value is -2.95. The van der Waals surface area contributed by atoms with Crippen LogP contribution >= 0.6 is 0 Å². The first-order valence-electron chi connectivity index (χ1n) is 7.93. The summed E-state index contributed by atoms with van der Waals surface area (Å²) in [5.74, 6) is -1.85. The SMILES string of the molecule is C=C/C=C(C)\C=C(/C)C(/C(C=C)=C/c1nn[nH]c1C=C)C(C)C(=O)O. The molecular weight excluding hydrogens is 314 g/mol. The van der Waals surface area contributed by atoms with Crippen molar-refractivity contribution in [3.8, 4) is 0 Å². The molecule has 1 rings (SSSR count). The van der Waals surface area contributed by atoms with Crippen LogP contribution in [0, 0.1) is 11.8 Å². The van der Waals surface area contributed by atoms with E-state index in [1.165, 1.54) is 0 Å². The van der Waals surface area contributed by atoms with Gasteiger partial charge in [-0.1, -0.05) is 67.3 Å². The fourth-order valence-electron chi connectivity index (χ4n) is 2.71. The average Bonchev–Trinajstić information content (AvgIpc) is 3.01. The Morgan fingerprint density at radius 2 is 1.96 bits per heavy atom. The van der Waals surface area contributed by atoms with E-state index >= 15 is 0 Å². The molecule has 0 saturated carbocycles. The molecule has 5 nitrogen and oxygen atoms in total. The van der Waals surface area contributed by atoms with E-state index < -0.39 is 11.9 Å². The van der Waals surface area contributed by atoms with Gasteiger partial charge < -0.3 is 5.11 Å². The van der Waals surface area contributed by atoms with Crippen LogP contribution in [0.2, 0.25) is 0 Å². The topological polar surface area (TPSA) is 78.9 Å². The molecule has 0 bridgehead atoms. The molecule has 1 aromatic rings. The maximum absolute atomic E-state index is 11.6. The molecule has 0 aliphatic rings. The van der Waals surface area contributed by atoms with Crippen molar-refractivity contribution in [1.82, 2.24) is 15.4 Å². The monoisotopic (exact) mass is 339 g/mol. The van der Waals surface area contributed by atoms with Gasteiger partial charge in [-0.3, -0.25) is 9.89 Å². The Balaban J connectivity index is 3.45. The predicted molar refractivity (Wildman–Crippen MR) is 103 cm³/mol. The van der Waals surface area contributed by atoms with Gasteiger partial charge in [0.15, 0.2) is 0 Å². The summed E-state index contributed by atoms with van der Waals surface area (Å²) in [4.78, 5) is 11.6. The maximum Gasteiger partial charge on any atom is 0.307 e. The normalized spacial score (nSPS) is 15.4. The van der Waals surface area contributed by atoms with Crippen molar-refractivity contribution in [2.24, 2.45) is 11.8 Å². The summed E-state index contributed by atoms with van der Waals surface area (Å²) in [6.45, 7) is 16.8. The first kappa shape index (κ1) is 20.1. The fourth-order valence-corrected chi connectivity index (χ4v) is 2.71. The summed E-state index contributed by atoms with van der Waals surface area (Å²) in [6, 6.07) is 0. The number of hydrogen-bond donors (Lipinski definition) is 2. The lowest BCUT2D eigenvalue weighted by Gasteiger charge is -2.23. The standard InChI is InChI=1S/C20H25N3O2/c1-7-10-13(4)11-14(5)19(15(6)20(24)25)16(8-2)12-18-17(9-3)21-23-22-18/h7-12,15,19H,1-3H2,4-6H3,(H,24,25)(H,21,22,23)/b13-10-,14-11+,16-12+. The van der Waals surface area contributed by atoms with Gasteiger partial charge in [-0.05, 0) is 31.6 Å². The molecule has 0 aliphatic heterocycles. The first-order chi connectivity index (χ1) is 11.8. The molecule has 0 fully saturated rings. The van der Waals surface area contributed by atoms with Gasteiger partial charge >= 0.3 is 5.97 Å². The average molecular weight is 339 g/mol. The Morgan fingerprint density at radius 1 is 1.28 bits per heavy atom. The van der Waals surface area contributed by atoms with E-state index in [1.54, 1.807) is 31.2 Å². The van der Waals surface area contributed by atoms with Crippen LogP contribution < -0.4 is 0 Å². The number of carbonyl (C=O) groups is 1. The lowest BCUT2D eigenvalue weighted by atomic mass is 9.80. The lowest BCUT2D eigenvalue weighted by molar-refractivity contribution is -0.142. The molecule has 2 N–H and O–H groups in total. The highest BCUT2D eigenvalue weighted by atomic mass is 16.4. The van der Waals surface area contributed by atoms with Crippen LogP contribution in [0.4, 0.5) is 0 Å². The number of hydrogen-bond acceptors (Lipinski definition) is 3. The first-order valence-corrected chi connectivity index (χ1v) is 7.93. The Kier molecular flexibility index (Phi) is 7.53. The van der Waals surface area contributed by atoms with Gasteiger partial charge in [0.2, 0.25) is 0 Å². The van der Waals surface area contributed by atoms with Crippen molar-refractivity contribution in [3.05, 3.63) is 72.1 Å². The summed E-state index contributed by atoms with van der Waals surface area (Å²) in [5.41, 5.74) is 3.93. The molecule has 1 heterocycles. The van der Waals surface area contributed by atoms with Crippen molar-refractivity contribution in [2.75, 3.05) is 0 Å². The summed E-state index contributed by atoms with van der Waals surface area (Å²) in [5, 5.41) is 20.1. The van der Waals surface area contributed by atoms with Crippen LogP contribution in [-0.2, 0) is 4.79 Å². The van der Waals surface area contributed by atoms with Crippen molar-refractivity contribution in [1.29, 1.82) is 0 Å². The fraction of sp³-hybridized carbons (Fsp3) is 0.250. The number of nitrogens with zero attached hydrogens (tertiary/aromatic N) is 2. The van der Waals surface area contributed by atoms with Gasteiger partial charge in [-0.2, -0.15) is 0 Å². The largest absolute Gasteiger partial charge is 0.481 e. The van der Waals surface area contributed by atoms with Crippen LogP contribution in [0.25, 0.3) is 12.2 Å². The molecule has 0 spiro atoms. The molecule has 0 amide bonds. The quantitative estimate of drug-likeness (QED) is 0.652. The smallest absolute Gasteiger partial charge is 0.307 e. The van der Waals surface area contributed by atoms with E-state index in [0.29, 0.717) is 11.4 Å². The zero-order valence-electron chi connectivity index (χ0n) is 15.0. The number of allylic oxidation sites excluding steroid dienone is 7. The number of aromatic amines is 1. The molecule has 1 aromatic heterocycles. The molecule has 0 radical (unpaired) electrons. The molecule has 2 atom stereocenters. The van der Waals surface area contributed by atoms with Crippen LogP contribution in [0.15, 0.2) is 60.8 Å². The zero-order chi connectivity index (χ0) is 19.0. The van der Waals surface area contributed by atoms with Gasteiger partial charge in [0.05, 0.1) is 11.6 Å². The van der Waals surface area contributed by atoms with Crippen molar-refractivity contribution < 1.29 is 9.90 Å². The van der Waals surface area contributed by atoms with Gasteiger partial charge in [0, 0.05) is 5.92 Å². The number of carboxylic acid groups (broad SMARTS) is 1. The third kappa shape index (κ3) is 5.28. The van der Waals surface area contributed by atoms with E-state index in [2.05, 4.69) is 35.1 Å². The molecule has 25 heavy (non-hydrogen) atoms. The number of carboxylic acids is 1. The van der Waals surface area contributed by atoms with Crippen molar-refractivity contribution >= 4 is 18.1 Å². The third-order valence-electron chi connectivity index (χ3n) is 3.92. The minimum Gasteiger partial charge on any atom is -0.481 e. The zero-order valence-corrected chi connectivity index (χ0v) is 15.0. The number of H-pyrrole nitrogens is 1. The third-order valence-corrected chi connectivity index (χ3v) is 3.92. The van der Waals surface area contributed by atoms with E-state index in [0.717, 1.165) is 16.7 Å². The van der Waals surface area contributed by atoms with E-state index in [4.69, 9.17) is 0 Å². The molecule has 0 saturated heterocycles. The summed E-state index contributed by atoms with van der Waals surface area (Å²) >= 11 is 0. The predicted octanol–water partition coefficient (Wildman–Crippen LogP) is 4.43. The second kappa shape index (κ2) is 9.37. The lowest BCUT2D eigenvalue weighted by Crippen LogP contribution is -2.23. The molecule has 5 heteroatoms. The van der Waals surface area contributed by atoms with Gasteiger partial charge in [0.25, 0.3) is 0 Å². The van der Waals surface area contributed by atoms with E-state index in [-0.39, 0.29) is 5.92 Å². The Morgan fingerprint density at radius 3 is 2.48 bits per heavy atom. The molecular formula is C20H25N3O2. The highest BCUT2D eigenvalue weighted by Crippen LogP contribution is 2.31. The number of aromatic nitrogens is 3. The second-order valence-corrected chi connectivity index (χ2v) is 5.80. The number of rotatable bonds is 9. The van der Waals surface area contributed by atoms with Crippen molar-refractivity contribution in [2.45, 2.75) is 20.8 Å². The van der Waals surface area contributed by atoms with Gasteiger partial charge in [-0.15, -0.1) is 5.10 Å². The molecule has 0 aliphatic carbocycles. The molecule has 0 aromatic carbocycles. The Bertz CT molecular complexity index is 751. The number of nitrogens with one attached hydrogen (secondary N) is 1. The molecule has 2 unspecified atom stereocenters. The van der Waals surface area contributed by atoms with E-state index in [9.17, 15) is 9.90 Å². The Labute approximate surface area is 148 Å². The summed E-state index contributed by atoms with van der Waals surface area (Å²) in [6.07, 6.45) is 10.6. The second-order valence-electron chi connectivity index (χ2n) is 5.80.